The number of methoxy groups -OCH3 is 3. The van der Waals surface area contributed by atoms with Gasteiger partial charge in [0, 0.05) is 5.56 Å². The number of ether oxygens (including phenoxy) is 4. The van der Waals surface area contributed by atoms with E-state index in [0.717, 1.165) is 0 Å². The number of aromatic hydroxyl groups is 1. The number of carbonyl (C=O) groups excluding carboxylic acids is 1. The van der Waals surface area contributed by atoms with Crippen LogP contribution in [0.25, 0.3) is 6.08 Å². The van der Waals surface area contributed by atoms with E-state index in [1.807, 2.05) is 0 Å². The first-order valence-electron chi connectivity index (χ1n) is 11.1. The molecular formula is C26H26N2O7S. The number of phenols is 1. The number of fused-ring (bicyclic) bond motifs is 1. The van der Waals surface area contributed by atoms with Crippen molar-refractivity contribution in [3.05, 3.63) is 78.5 Å². The van der Waals surface area contributed by atoms with Crippen LogP contribution in [0.2, 0.25) is 0 Å². The zero-order valence-corrected chi connectivity index (χ0v) is 21.3. The molecule has 1 aliphatic heterocycles. The molecule has 9 nitrogen and oxygen atoms in total. The van der Waals surface area contributed by atoms with Gasteiger partial charge in [-0.05, 0) is 55.8 Å². The fourth-order valence-corrected chi connectivity index (χ4v) is 5.12. The average Bonchev–Trinajstić information content (AvgIpc) is 3.18. The maximum atomic E-state index is 13.8. The SMILES string of the molecule is CCOC(=O)C1=C(C)N=c2sc(=Cc3ccc(O)c(OC)c3)c(=O)n2C1c1cc(OC)ccc1OC. The number of phenolic OH excluding ortho intramolecular Hbond substituents is 1. The number of rotatable bonds is 7. The summed E-state index contributed by atoms with van der Waals surface area (Å²) in [5.41, 5.74) is 1.57. The summed E-state index contributed by atoms with van der Waals surface area (Å²) in [7, 11) is 4.51. The standard InChI is InChI=1S/C26H26N2O7S/c1-6-35-25(31)22-14(2)27-26-28(23(22)17-13-16(32-3)8-10-19(17)33-4)24(30)21(36-26)12-15-7-9-18(29)20(11-15)34-5/h7-13,23,29H,6H2,1-5H3. The summed E-state index contributed by atoms with van der Waals surface area (Å²) in [5, 5.41) is 9.91. The smallest absolute Gasteiger partial charge is 0.338 e. The van der Waals surface area contributed by atoms with Gasteiger partial charge in [0.15, 0.2) is 16.3 Å². The zero-order valence-electron chi connectivity index (χ0n) is 20.5. The molecule has 3 aromatic rings. The molecule has 1 unspecified atom stereocenters. The lowest BCUT2D eigenvalue weighted by molar-refractivity contribution is -0.139. The Morgan fingerprint density at radius 2 is 1.86 bits per heavy atom. The topological polar surface area (TPSA) is 109 Å². The second-order valence-corrected chi connectivity index (χ2v) is 8.85. The van der Waals surface area contributed by atoms with E-state index in [9.17, 15) is 14.7 Å². The molecule has 0 spiro atoms. The van der Waals surface area contributed by atoms with Crippen molar-refractivity contribution in [1.82, 2.24) is 4.57 Å². The van der Waals surface area contributed by atoms with Crippen molar-refractivity contribution in [3.63, 3.8) is 0 Å². The summed E-state index contributed by atoms with van der Waals surface area (Å²) in [6.07, 6.45) is 1.69. The molecule has 0 saturated heterocycles. The van der Waals surface area contributed by atoms with Gasteiger partial charge in [-0.3, -0.25) is 9.36 Å². The number of thiazole rings is 1. The lowest BCUT2D eigenvalue weighted by atomic mass is 9.94. The molecule has 1 aromatic heterocycles. The Hall–Kier alpha value is -4.05. The Labute approximate surface area is 211 Å². The fourth-order valence-electron chi connectivity index (χ4n) is 4.07. The summed E-state index contributed by atoms with van der Waals surface area (Å²) in [4.78, 5) is 31.9. The highest BCUT2D eigenvalue weighted by molar-refractivity contribution is 7.07. The van der Waals surface area contributed by atoms with E-state index < -0.39 is 12.0 Å². The molecule has 2 aromatic carbocycles. The minimum Gasteiger partial charge on any atom is -0.504 e. The van der Waals surface area contributed by atoms with Crippen molar-refractivity contribution in [2.24, 2.45) is 4.99 Å². The molecule has 0 radical (unpaired) electrons. The summed E-state index contributed by atoms with van der Waals surface area (Å²) in [6.45, 7) is 3.61. The van der Waals surface area contributed by atoms with Gasteiger partial charge in [-0.2, -0.15) is 0 Å². The number of carbonyl (C=O) groups is 1. The Kier molecular flexibility index (Phi) is 7.16. The molecule has 188 valence electrons. The van der Waals surface area contributed by atoms with Gasteiger partial charge in [-0.25, -0.2) is 9.79 Å². The summed E-state index contributed by atoms with van der Waals surface area (Å²) >= 11 is 1.19. The largest absolute Gasteiger partial charge is 0.504 e. The molecule has 0 amide bonds. The van der Waals surface area contributed by atoms with Gasteiger partial charge in [0.2, 0.25) is 0 Å². The van der Waals surface area contributed by atoms with Gasteiger partial charge in [-0.15, -0.1) is 0 Å². The van der Waals surface area contributed by atoms with E-state index >= 15 is 0 Å². The van der Waals surface area contributed by atoms with Crippen LogP contribution < -0.4 is 29.1 Å². The molecule has 1 atom stereocenters. The Morgan fingerprint density at radius 1 is 1.11 bits per heavy atom. The van der Waals surface area contributed by atoms with Crippen molar-refractivity contribution in [1.29, 1.82) is 0 Å². The van der Waals surface area contributed by atoms with E-state index in [2.05, 4.69) is 4.99 Å². The number of benzene rings is 2. The molecule has 0 fully saturated rings. The summed E-state index contributed by atoms with van der Waals surface area (Å²) in [6, 6.07) is 9.16. The van der Waals surface area contributed by atoms with E-state index in [4.69, 9.17) is 18.9 Å². The molecular weight excluding hydrogens is 484 g/mol. The van der Waals surface area contributed by atoms with Crippen LogP contribution in [0.1, 0.15) is 31.0 Å². The number of hydrogen-bond donors (Lipinski definition) is 1. The number of esters is 1. The van der Waals surface area contributed by atoms with Gasteiger partial charge in [0.1, 0.15) is 17.5 Å². The highest BCUT2D eigenvalue weighted by atomic mass is 32.1. The van der Waals surface area contributed by atoms with Gasteiger partial charge in [0.25, 0.3) is 5.56 Å². The second-order valence-electron chi connectivity index (χ2n) is 7.84. The minimum atomic E-state index is -0.846. The molecule has 0 aliphatic carbocycles. The average molecular weight is 511 g/mol. The maximum absolute atomic E-state index is 13.8. The van der Waals surface area contributed by atoms with Crippen LogP contribution in [0.4, 0.5) is 0 Å². The molecule has 36 heavy (non-hydrogen) atoms. The minimum absolute atomic E-state index is 0.00377. The summed E-state index contributed by atoms with van der Waals surface area (Å²) < 4.78 is 23.4. The third-order valence-corrected chi connectivity index (χ3v) is 6.73. The first-order chi connectivity index (χ1) is 17.3. The Morgan fingerprint density at radius 3 is 2.53 bits per heavy atom. The third-order valence-electron chi connectivity index (χ3n) is 5.75. The van der Waals surface area contributed by atoms with Crippen LogP contribution >= 0.6 is 11.3 Å². The normalized spacial score (nSPS) is 15.2. The molecule has 1 aliphatic rings. The van der Waals surface area contributed by atoms with Crippen molar-refractivity contribution in [2.75, 3.05) is 27.9 Å². The number of nitrogens with zero attached hydrogens (tertiary/aromatic N) is 2. The number of aromatic nitrogens is 1. The predicted molar refractivity (Wildman–Crippen MR) is 135 cm³/mol. The monoisotopic (exact) mass is 510 g/mol. The van der Waals surface area contributed by atoms with E-state index in [-0.39, 0.29) is 29.2 Å². The molecule has 4 rings (SSSR count). The van der Waals surface area contributed by atoms with Crippen LogP contribution in [-0.4, -0.2) is 43.6 Å². The highest BCUT2D eigenvalue weighted by Gasteiger charge is 2.35. The lowest BCUT2D eigenvalue weighted by Gasteiger charge is -2.26. The van der Waals surface area contributed by atoms with Crippen LogP contribution in [0, 0.1) is 0 Å². The van der Waals surface area contributed by atoms with Crippen LogP contribution in [0.15, 0.2) is 57.5 Å². The molecule has 1 N–H and O–H groups in total. The highest BCUT2D eigenvalue weighted by Crippen LogP contribution is 2.37. The van der Waals surface area contributed by atoms with Crippen molar-refractivity contribution in [3.8, 4) is 23.0 Å². The van der Waals surface area contributed by atoms with Crippen LogP contribution in [-0.2, 0) is 9.53 Å². The lowest BCUT2D eigenvalue weighted by Crippen LogP contribution is -2.40. The summed E-state index contributed by atoms with van der Waals surface area (Å²) in [5.74, 6) is 0.746. The molecule has 0 bridgehead atoms. The fraction of sp³-hybridized carbons (Fsp3) is 0.269. The molecule has 2 heterocycles. The Balaban J connectivity index is 2.00. The van der Waals surface area contributed by atoms with Gasteiger partial charge in [-0.1, -0.05) is 17.4 Å². The Bertz CT molecular complexity index is 1530. The van der Waals surface area contributed by atoms with E-state index in [1.165, 1.54) is 43.3 Å². The maximum Gasteiger partial charge on any atom is 0.338 e. The molecule has 10 heteroatoms. The van der Waals surface area contributed by atoms with Crippen molar-refractivity contribution in [2.45, 2.75) is 19.9 Å². The van der Waals surface area contributed by atoms with Crippen molar-refractivity contribution >= 4 is 23.4 Å². The quantitative estimate of drug-likeness (QED) is 0.487. The van der Waals surface area contributed by atoms with Gasteiger partial charge in [0.05, 0.1) is 43.7 Å². The van der Waals surface area contributed by atoms with Crippen LogP contribution in [0.3, 0.4) is 0 Å². The van der Waals surface area contributed by atoms with Crippen LogP contribution in [0.5, 0.6) is 23.0 Å². The van der Waals surface area contributed by atoms with E-state index in [1.54, 1.807) is 50.3 Å². The van der Waals surface area contributed by atoms with Crippen molar-refractivity contribution < 1.29 is 28.8 Å². The molecule has 0 saturated carbocycles. The second kappa shape index (κ2) is 10.3. The van der Waals surface area contributed by atoms with Gasteiger partial charge < -0.3 is 24.1 Å². The first-order valence-corrected chi connectivity index (χ1v) is 11.9. The number of allylic oxidation sites excluding steroid dienone is 1. The third kappa shape index (κ3) is 4.47. The van der Waals surface area contributed by atoms with E-state index in [0.29, 0.717) is 37.7 Å². The predicted octanol–water partition coefficient (Wildman–Crippen LogP) is 2.53. The first kappa shape index (κ1) is 25.1. The number of hydrogen-bond acceptors (Lipinski definition) is 9. The zero-order chi connectivity index (χ0) is 26.0. The van der Waals surface area contributed by atoms with Gasteiger partial charge >= 0.3 is 5.97 Å².